The van der Waals surface area contributed by atoms with Crippen molar-refractivity contribution in [3.63, 3.8) is 0 Å². The highest BCUT2D eigenvalue weighted by molar-refractivity contribution is 5.92. The van der Waals surface area contributed by atoms with Gasteiger partial charge < -0.3 is 10.2 Å². The van der Waals surface area contributed by atoms with E-state index in [0.29, 0.717) is 18.9 Å². The van der Waals surface area contributed by atoms with E-state index in [2.05, 4.69) is 5.32 Å². The number of alkyl halides is 3. The fourth-order valence-corrected chi connectivity index (χ4v) is 3.29. The van der Waals surface area contributed by atoms with E-state index < -0.39 is 34.1 Å². The molecule has 0 radical (unpaired) electrons. The van der Waals surface area contributed by atoms with E-state index in [4.69, 9.17) is 0 Å². The lowest BCUT2D eigenvalue weighted by Gasteiger charge is -2.32. The van der Waals surface area contributed by atoms with E-state index in [0.717, 1.165) is 12.1 Å². The Labute approximate surface area is 163 Å². The number of carbonyl (C=O) groups is 1. The van der Waals surface area contributed by atoms with E-state index in [1.54, 1.807) is 11.0 Å². The molecule has 0 saturated carbocycles. The van der Waals surface area contributed by atoms with Gasteiger partial charge in [-0.1, -0.05) is 12.1 Å². The predicted molar refractivity (Wildman–Crippen MR) is 98.1 cm³/mol. The van der Waals surface area contributed by atoms with Crippen LogP contribution in [0.25, 0.3) is 0 Å². The fourth-order valence-electron chi connectivity index (χ4n) is 3.29. The van der Waals surface area contributed by atoms with Gasteiger partial charge in [0.05, 0.1) is 16.2 Å². The summed E-state index contributed by atoms with van der Waals surface area (Å²) < 4.78 is 52.2. The molecule has 0 spiro atoms. The minimum absolute atomic E-state index is 0.0679. The van der Waals surface area contributed by atoms with E-state index in [-0.39, 0.29) is 30.4 Å². The summed E-state index contributed by atoms with van der Waals surface area (Å²) in [5.74, 6) is -1.35. The largest absolute Gasteiger partial charge is 0.416 e. The number of benzene rings is 2. The Kier molecular flexibility index (Phi) is 5.71. The first-order chi connectivity index (χ1) is 13.7. The zero-order valence-corrected chi connectivity index (χ0v) is 15.1. The second-order valence-corrected chi connectivity index (χ2v) is 6.69. The summed E-state index contributed by atoms with van der Waals surface area (Å²) in [6.45, 7) is 0.503. The first kappa shape index (κ1) is 20.6. The summed E-state index contributed by atoms with van der Waals surface area (Å²) in [6.07, 6.45) is -4.02. The highest BCUT2D eigenvalue weighted by Crippen LogP contribution is 2.37. The maximum absolute atomic E-state index is 13.7. The fraction of sp³-hybridized carbons (Fsp3) is 0.316. The Balaban J connectivity index is 1.70. The monoisotopic (exact) mass is 411 g/mol. The molecule has 1 fully saturated rings. The minimum atomic E-state index is -4.68. The number of nitrogens with one attached hydrogen (secondary N) is 1. The molecule has 2 aromatic carbocycles. The van der Waals surface area contributed by atoms with Crippen molar-refractivity contribution in [1.29, 1.82) is 0 Å². The quantitative estimate of drug-likeness (QED) is 0.453. The zero-order chi connectivity index (χ0) is 21.2. The van der Waals surface area contributed by atoms with Crippen LogP contribution in [0.3, 0.4) is 0 Å². The maximum atomic E-state index is 13.7. The standard InChI is InChI=1S/C19H17F4N3O3/c20-14-3-1-2-4-15(14)24-18(27)12-7-9-25(10-8-12)16-6-5-13(19(21,22)23)11-17(16)26(28)29/h1-6,11-12H,7-10H2,(H,24,27). The van der Waals surface area contributed by atoms with Gasteiger partial charge in [0.25, 0.3) is 5.69 Å². The van der Waals surface area contributed by atoms with Gasteiger partial charge in [-0.05, 0) is 37.1 Å². The average Bonchev–Trinajstić information content (AvgIpc) is 2.68. The van der Waals surface area contributed by atoms with Crippen molar-refractivity contribution >= 4 is 23.0 Å². The van der Waals surface area contributed by atoms with Crippen LogP contribution in [0, 0.1) is 21.8 Å². The SMILES string of the molecule is O=C(Nc1ccccc1F)C1CCN(c2ccc(C(F)(F)F)cc2[N+](=O)[O-])CC1. The number of rotatable bonds is 4. The van der Waals surface area contributed by atoms with Crippen LogP contribution in [-0.2, 0) is 11.0 Å². The predicted octanol–water partition coefficient (Wildman–Crippen LogP) is 4.61. The molecule has 1 aliphatic rings. The molecule has 0 atom stereocenters. The molecular weight excluding hydrogens is 394 g/mol. The van der Waals surface area contributed by atoms with Crippen molar-refractivity contribution in [2.45, 2.75) is 19.0 Å². The average molecular weight is 411 g/mol. The van der Waals surface area contributed by atoms with Crippen LogP contribution in [0.15, 0.2) is 42.5 Å². The minimum Gasteiger partial charge on any atom is -0.366 e. The number of nitro benzene ring substituents is 1. The molecule has 29 heavy (non-hydrogen) atoms. The molecule has 0 aromatic heterocycles. The van der Waals surface area contributed by atoms with Crippen LogP contribution in [0.4, 0.5) is 34.6 Å². The molecule has 1 N–H and O–H groups in total. The zero-order valence-electron chi connectivity index (χ0n) is 15.1. The number of amides is 1. The Bertz CT molecular complexity index is 925. The van der Waals surface area contributed by atoms with Gasteiger partial charge in [-0.3, -0.25) is 14.9 Å². The Morgan fingerprint density at radius 1 is 1.14 bits per heavy atom. The number of hydrogen-bond donors (Lipinski definition) is 1. The molecular formula is C19H17F4N3O3. The van der Waals surface area contributed by atoms with Crippen molar-refractivity contribution in [3.8, 4) is 0 Å². The van der Waals surface area contributed by atoms with Crippen molar-refractivity contribution in [2.24, 2.45) is 5.92 Å². The van der Waals surface area contributed by atoms with E-state index in [1.807, 2.05) is 0 Å². The van der Waals surface area contributed by atoms with Gasteiger partial charge >= 0.3 is 6.18 Å². The van der Waals surface area contributed by atoms with Crippen molar-refractivity contribution in [2.75, 3.05) is 23.3 Å². The Morgan fingerprint density at radius 2 is 1.79 bits per heavy atom. The number of piperidine rings is 1. The number of nitro groups is 1. The molecule has 10 heteroatoms. The highest BCUT2D eigenvalue weighted by atomic mass is 19.4. The van der Waals surface area contributed by atoms with Crippen LogP contribution < -0.4 is 10.2 Å². The van der Waals surface area contributed by atoms with Gasteiger partial charge in [0.2, 0.25) is 5.91 Å². The van der Waals surface area contributed by atoms with Gasteiger partial charge in [0.1, 0.15) is 11.5 Å². The third-order valence-corrected chi connectivity index (χ3v) is 4.84. The molecule has 0 aliphatic carbocycles. The van der Waals surface area contributed by atoms with Crippen molar-refractivity contribution in [3.05, 3.63) is 64.0 Å². The van der Waals surface area contributed by atoms with Gasteiger partial charge in [0, 0.05) is 25.1 Å². The number of nitrogens with zero attached hydrogens (tertiary/aromatic N) is 2. The number of para-hydroxylation sites is 1. The molecule has 1 aliphatic heterocycles. The van der Waals surface area contributed by atoms with Crippen LogP contribution in [0.1, 0.15) is 18.4 Å². The van der Waals surface area contributed by atoms with Crippen molar-refractivity contribution in [1.82, 2.24) is 0 Å². The maximum Gasteiger partial charge on any atom is 0.416 e. The molecule has 2 aromatic rings. The summed E-state index contributed by atoms with van der Waals surface area (Å²) >= 11 is 0. The molecule has 1 amide bonds. The van der Waals surface area contributed by atoms with E-state index in [9.17, 15) is 32.5 Å². The second kappa shape index (κ2) is 8.06. The molecule has 0 bridgehead atoms. The van der Waals surface area contributed by atoms with Gasteiger partial charge in [-0.25, -0.2) is 4.39 Å². The Morgan fingerprint density at radius 3 is 2.38 bits per heavy atom. The van der Waals surface area contributed by atoms with E-state index in [1.165, 1.54) is 18.2 Å². The van der Waals surface area contributed by atoms with E-state index >= 15 is 0 Å². The molecule has 3 rings (SSSR count). The van der Waals surface area contributed by atoms with Crippen molar-refractivity contribution < 1.29 is 27.3 Å². The lowest BCUT2D eigenvalue weighted by Crippen LogP contribution is -2.38. The number of hydrogen-bond acceptors (Lipinski definition) is 4. The summed E-state index contributed by atoms with van der Waals surface area (Å²) in [5.41, 5.74) is -1.57. The molecule has 6 nitrogen and oxygen atoms in total. The first-order valence-electron chi connectivity index (χ1n) is 8.83. The highest BCUT2D eigenvalue weighted by Gasteiger charge is 2.35. The van der Waals surface area contributed by atoms with Crippen LogP contribution in [0.5, 0.6) is 0 Å². The summed E-state index contributed by atoms with van der Waals surface area (Å²) in [4.78, 5) is 24.4. The first-order valence-corrected chi connectivity index (χ1v) is 8.83. The van der Waals surface area contributed by atoms with Gasteiger partial charge in [-0.15, -0.1) is 0 Å². The third-order valence-electron chi connectivity index (χ3n) is 4.84. The topological polar surface area (TPSA) is 75.5 Å². The lowest BCUT2D eigenvalue weighted by molar-refractivity contribution is -0.384. The normalized spacial score (nSPS) is 15.2. The molecule has 1 heterocycles. The number of halogens is 4. The summed E-state index contributed by atoms with van der Waals surface area (Å²) in [5, 5.41) is 13.8. The van der Waals surface area contributed by atoms with Crippen LogP contribution in [-0.4, -0.2) is 23.9 Å². The summed E-state index contributed by atoms with van der Waals surface area (Å²) in [7, 11) is 0. The smallest absolute Gasteiger partial charge is 0.366 e. The molecule has 154 valence electrons. The second-order valence-electron chi connectivity index (χ2n) is 6.69. The van der Waals surface area contributed by atoms with Crippen LogP contribution >= 0.6 is 0 Å². The lowest BCUT2D eigenvalue weighted by atomic mass is 9.95. The van der Waals surface area contributed by atoms with Gasteiger partial charge in [0.15, 0.2) is 0 Å². The number of anilines is 2. The van der Waals surface area contributed by atoms with Gasteiger partial charge in [-0.2, -0.15) is 13.2 Å². The molecule has 0 unspecified atom stereocenters. The number of carbonyl (C=O) groups excluding carboxylic acids is 1. The Hall–Kier alpha value is -3.17. The molecule has 1 saturated heterocycles. The summed E-state index contributed by atoms with van der Waals surface area (Å²) in [6, 6.07) is 8.16. The third kappa shape index (κ3) is 4.64. The van der Waals surface area contributed by atoms with Crippen LogP contribution in [0.2, 0.25) is 0 Å².